The molecule has 0 aliphatic carbocycles. The summed E-state index contributed by atoms with van der Waals surface area (Å²) in [6.07, 6.45) is 3.79. The zero-order valence-electron chi connectivity index (χ0n) is 10.2. The fourth-order valence-electron chi connectivity index (χ4n) is 2.37. The van der Waals surface area contributed by atoms with E-state index in [1.54, 1.807) is 0 Å². The minimum atomic E-state index is 0.569. The molecule has 1 aliphatic heterocycles. The summed E-state index contributed by atoms with van der Waals surface area (Å²) in [7, 11) is 0. The van der Waals surface area contributed by atoms with Crippen LogP contribution >= 0.6 is 11.8 Å². The van der Waals surface area contributed by atoms with Crippen LogP contribution in [0.3, 0.4) is 0 Å². The number of rotatable bonds is 4. The molecule has 0 amide bonds. The molecule has 1 N–H and O–H groups in total. The number of hydrogen-bond donors (Lipinski definition) is 1. The predicted octanol–water partition coefficient (Wildman–Crippen LogP) is 4.00. The first-order valence-corrected chi connectivity index (χ1v) is 7.27. The number of thioether (sulfide) groups is 1. The van der Waals surface area contributed by atoms with Crippen molar-refractivity contribution in [2.45, 2.75) is 50.1 Å². The van der Waals surface area contributed by atoms with Crippen molar-refractivity contribution in [3.8, 4) is 0 Å². The first kappa shape index (κ1) is 12.0. The van der Waals surface area contributed by atoms with Crippen molar-refractivity contribution in [1.82, 2.24) is 5.32 Å². The summed E-state index contributed by atoms with van der Waals surface area (Å²) in [5.41, 5.74) is 1.50. The van der Waals surface area contributed by atoms with Crippen molar-refractivity contribution in [3.63, 3.8) is 0 Å². The maximum absolute atomic E-state index is 3.76. The van der Waals surface area contributed by atoms with Gasteiger partial charge in [0.15, 0.2) is 0 Å². The van der Waals surface area contributed by atoms with Crippen LogP contribution in [-0.4, -0.2) is 11.8 Å². The molecule has 0 radical (unpaired) electrons. The summed E-state index contributed by atoms with van der Waals surface area (Å²) in [6.45, 7) is 4.55. The van der Waals surface area contributed by atoms with Gasteiger partial charge in [-0.15, -0.1) is 11.8 Å². The Morgan fingerprint density at radius 1 is 1.44 bits per heavy atom. The Balaban J connectivity index is 2.07. The molecule has 1 aromatic carbocycles. The van der Waals surface area contributed by atoms with Gasteiger partial charge in [0, 0.05) is 17.0 Å². The van der Waals surface area contributed by atoms with E-state index in [2.05, 4.69) is 43.4 Å². The Morgan fingerprint density at radius 2 is 2.25 bits per heavy atom. The van der Waals surface area contributed by atoms with Crippen LogP contribution in [0.25, 0.3) is 0 Å². The molecule has 2 atom stereocenters. The van der Waals surface area contributed by atoms with Crippen LogP contribution in [-0.2, 0) is 0 Å². The van der Waals surface area contributed by atoms with Gasteiger partial charge in [-0.25, -0.2) is 0 Å². The summed E-state index contributed by atoms with van der Waals surface area (Å²) in [5, 5.41) is 3.76. The van der Waals surface area contributed by atoms with E-state index in [1.807, 2.05) is 11.8 Å². The lowest BCUT2D eigenvalue weighted by molar-refractivity contribution is 0.420. The average molecular weight is 235 g/mol. The maximum atomic E-state index is 3.76. The smallest absolute Gasteiger partial charge is 0.0341 e. The molecule has 0 fully saturated rings. The summed E-state index contributed by atoms with van der Waals surface area (Å²) in [5.74, 6) is 1.24. The van der Waals surface area contributed by atoms with E-state index in [4.69, 9.17) is 0 Å². The molecule has 1 heterocycles. The van der Waals surface area contributed by atoms with Crippen LogP contribution in [0.1, 0.15) is 44.7 Å². The minimum Gasteiger partial charge on any atom is -0.307 e. The highest BCUT2D eigenvalue weighted by Gasteiger charge is 2.20. The molecule has 1 aromatic rings. The van der Waals surface area contributed by atoms with E-state index >= 15 is 0 Å². The largest absolute Gasteiger partial charge is 0.307 e. The first-order valence-electron chi connectivity index (χ1n) is 6.29. The first-order chi connectivity index (χ1) is 7.81. The quantitative estimate of drug-likeness (QED) is 0.846. The van der Waals surface area contributed by atoms with E-state index in [0.717, 1.165) is 0 Å². The Morgan fingerprint density at radius 3 is 3.06 bits per heavy atom. The molecule has 0 spiro atoms. The zero-order chi connectivity index (χ0) is 11.4. The van der Waals surface area contributed by atoms with Crippen LogP contribution in [0, 0.1) is 0 Å². The van der Waals surface area contributed by atoms with E-state index in [9.17, 15) is 0 Å². The van der Waals surface area contributed by atoms with Gasteiger partial charge >= 0.3 is 0 Å². The molecule has 2 rings (SSSR count). The topological polar surface area (TPSA) is 12.0 Å². The standard InChI is InChI=1S/C14H21NS/c1-3-6-11(2)15-13-9-10-16-14-8-5-4-7-12(13)14/h4-5,7-8,11,13,15H,3,6,9-10H2,1-2H3. The van der Waals surface area contributed by atoms with Gasteiger partial charge in [-0.1, -0.05) is 31.5 Å². The van der Waals surface area contributed by atoms with Crippen molar-refractivity contribution in [3.05, 3.63) is 29.8 Å². The highest BCUT2D eigenvalue weighted by Crippen LogP contribution is 2.36. The monoisotopic (exact) mass is 235 g/mol. The zero-order valence-corrected chi connectivity index (χ0v) is 11.0. The highest BCUT2D eigenvalue weighted by molar-refractivity contribution is 7.99. The fourth-order valence-corrected chi connectivity index (χ4v) is 3.50. The molecule has 0 saturated heterocycles. The van der Waals surface area contributed by atoms with Gasteiger partial charge in [-0.3, -0.25) is 0 Å². The highest BCUT2D eigenvalue weighted by atomic mass is 32.2. The fraction of sp³-hybridized carbons (Fsp3) is 0.571. The predicted molar refractivity (Wildman–Crippen MR) is 72.0 cm³/mol. The second kappa shape index (κ2) is 5.74. The van der Waals surface area contributed by atoms with Crippen molar-refractivity contribution >= 4 is 11.8 Å². The van der Waals surface area contributed by atoms with Gasteiger partial charge in [-0.05, 0) is 37.1 Å². The summed E-state index contributed by atoms with van der Waals surface area (Å²) in [4.78, 5) is 1.47. The van der Waals surface area contributed by atoms with Crippen LogP contribution in [0.2, 0.25) is 0 Å². The molecule has 2 heteroatoms. The van der Waals surface area contributed by atoms with Gasteiger partial charge in [0.2, 0.25) is 0 Å². The van der Waals surface area contributed by atoms with Crippen molar-refractivity contribution in [2.24, 2.45) is 0 Å². The second-order valence-corrected chi connectivity index (χ2v) is 5.72. The third-order valence-corrected chi connectivity index (χ3v) is 4.29. The normalized spacial score (nSPS) is 21.5. The number of nitrogens with one attached hydrogen (secondary N) is 1. The minimum absolute atomic E-state index is 0.569. The second-order valence-electron chi connectivity index (χ2n) is 4.58. The average Bonchev–Trinajstić information content (AvgIpc) is 2.30. The lowest BCUT2D eigenvalue weighted by Crippen LogP contribution is -2.32. The van der Waals surface area contributed by atoms with E-state index in [0.29, 0.717) is 12.1 Å². The van der Waals surface area contributed by atoms with Crippen LogP contribution < -0.4 is 5.32 Å². The summed E-state index contributed by atoms with van der Waals surface area (Å²) in [6, 6.07) is 10.0. The molecule has 0 saturated carbocycles. The van der Waals surface area contributed by atoms with Crippen molar-refractivity contribution in [1.29, 1.82) is 0 Å². The van der Waals surface area contributed by atoms with E-state index in [-0.39, 0.29) is 0 Å². The molecule has 0 aromatic heterocycles. The van der Waals surface area contributed by atoms with Gasteiger partial charge in [-0.2, -0.15) is 0 Å². The van der Waals surface area contributed by atoms with Gasteiger partial charge in [0.05, 0.1) is 0 Å². The van der Waals surface area contributed by atoms with E-state index < -0.39 is 0 Å². The Kier molecular flexibility index (Phi) is 4.30. The molecule has 2 unspecified atom stereocenters. The third-order valence-electron chi connectivity index (χ3n) is 3.17. The van der Waals surface area contributed by atoms with E-state index in [1.165, 1.54) is 35.5 Å². The molecule has 1 nitrogen and oxygen atoms in total. The Labute approximate surface area is 103 Å². The third kappa shape index (κ3) is 2.80. The number of benzene rings is 1. The van der Waals surface area contributed by atoms with Gasteiger partial charge in [0.1, 0.15) is 0 Å². The van der Waals surface area contributed by atoms with Gasteiger partial charge in [0.25, 0.3) is 0 Å². The number of fused-ring (bicyclic) bond motifs is 1. The Hall–Kier alpha value is -0.470. The van der Waals surface area contributed by atoms with Crippen LogP contribution in [0.5, 0.6) is 0 Å². The lowest BCUT2D eigenvalue weighted by Gasteiger charge is -2.28. The van der Waals surface area contributed by atoms with Crippen molar-refractivity contribution in [2.75, 3.05) is 5.75 Å². The Bertz CT molecular complexity index is 337. The number of hydrogen-bond acceptors (Lipinski definition) is 2. The molecule has 1 aliphatic rings. The van der Waals surface area contributed by atoms with Crippen LogP contribution in [0.15, 0.2) is 29.2 Å². The van der Waals surface area contributed by atoms with Crippen LogP contribution in [0.4, 0.5) is 0 Å². The van der Waals surface area contributed by atoms with Gasteiger partial charge < -0.3 is 5.32 Å². The van der Waals surface area contributed by atoms with Crippen molar-refractivity contribution < 1.29 is 0 Å². The lowest BCUT2D eigenvalue weighted by atomic mass is 10.0. The molecular weight excluding hydrogens is 214 g/mol. The SMILES string of the molecule is CCCC(C)NC1CCSc2ccccc21. The maximum Gasteiger partial charge on any atom is 0.0341 e. The summed E-state index contributed by atoms with van der Waals surface area (Å²) >= 11 is 1.99. The molecule has 16 heavy (non-hydrogen) atoms. The molecule has 88 valence electrons. The molecule has 0 bridgehead atoms. The molecular formula is C14H21NS. The summed E-state index contributed by atoms with van der Waals surface area (Å²) < 4.78 is 0.